The van der Waals surface area contributed by atoms with Gasteiger partial charge in [0, 0.05) is 29.7 Å². The Kier molecular flexibility index (Phi) is 5.86. The normalized spacial score (nSPS) is 12.0. The second kappa shape index (κ2) is 7.65. The maximum Gasteiger partial charge on any atom is 0.251 e. The van der Waals surface area contributed by atoms with E-state index in [-0.39, 0.29) is 11.9 Å². The van der Waals surface area contributed by atoms with Gasteiger partial charge < -0.3 is 10.2 Å². The molecule has 0 aliphatic heterocycles. The van der Waals surface area contributed by atoms with Crippen LogP contribution in [0.5, 0.6) is 0 Å². The Morgan fingerprint density at radius 3 is 2.50 bits per heavy atom. The van der Waals surface area contributed by atoms with Crippen LogP contribution in [-0.2, 0) is 0 Å². The van der Waals surface area contributed by atoms with Crippen molar-refractivity contribution in [1.82, 2.24) is 5.32 Å². The number of hydrogen-bond acceptors (Lipinski definition) is 3. The molecule has 5 heteroatoms. The highest BCUT2D eigenvalue weighted by Crippen LogP contribution is 2.26. The molecule has 0 fully saturated rings. The van der Waals surface area contributed by atoms with Crippen LogP contribution in [0.15, 0.2) is 36.4 Å². The van der Waals surface area contributed by atoms with Crippen molar-refractivity contribution >= 4 is 34.5 Å². The van der Waals surface area contributed by atoms with Crippen molar-refractivity contribution in [2.75, 3.05) is 18.5 Å². The summed E-state index contributed by atoms with van der Waals surface area (Å²) in [4.78, 5) is 15.5. The average Bonchev–Trinajstić information content (AvgIpc) is 2.94. The van der Waals surface area contributed by atoms with Crippen LogP contribution in [0.3, 0.4) is 0 Å². The maximum atomic E-state index is 12.3. The second-order valence-corrected chi connectivity index (χ2v) is 7.05. The Labute approximate surface area is 140 Å². The largest absolute Gasteiger partial charge is 0.375 e. The lowest BCUT2D eigenvalue weighted by molar-refractivity contribution is 0.0940. The molecule has 2 rings (SSSR count). The Morgan fingerprint density at radius 2 is 1.95 bits per heavy atom. The molecular weight excluding hydrogens is 316 g/mol. The smallest absolute Gasteiger partial charge is 0.251 e. The summed E-state index contributed by atoms with van der Waals surface area (Å²) in [6, 6.07) is 11.4. The van der Waals surface area contributed by atoms with E-state index in [1.807, 2.05) is 43.3 Å². The van der Waals surface area contributed by atoms with Crippen molar-refractivity contribution in [3.05, 3.63) is 51.2 Å². The Balaban J connectivity index is 2.00. The van der Waals surface area contributed by atoms with Crippen LogP contribution in [0.25, 0.3) is 0 Å². The van der Waals surface area contributed by atoms with E-state index in [2.05, 4.69) is 24.2 Å². The predicted molar refractivity (Wildman–Crippen MR) is 95.2 cm³/mol. The molecule has 0 aliphatic carbocycles. The van der Waals surface area contributed by atoms with Gasteiger partial charge >= 0.3 is 0 Å². The first-order chi connectivity index (χ1) is 10.5. The van der Waals surface area contributed by atoms with Crippen LogP contribution < -0.4 is 10.2 Å². The number of rotatable bonds is 6. The number of nitrogens with one attached hydrogen (secondary N) is 1. The lowest BCUT2D eigenvalue weighted by Crippen LogP contribution is -2.26. The number of carbonyl (C=O) groups is 1. The van der Waals surface area contributed by atoms with E-state index in [1.54, 1.807) is 0 Å². The van der Waals surface area contributed by atoms with Gasteiger partial charge in [0.1, 0.15) is 0 Å². The molecule has 0 aliphatic rings. The average molecular weight is 337 g/mol. The number of hydrogen-bond donors (Lipinski definition) is 1. The molecule has 118 valence electrons. The Bertz CT molecular complexity index is 624. The fourth-order valence-electron chi connectivity index (χ4n) is 2.24. The molecule has 1 amide bonds. The summed E-state index contributed by atoms with van der Waals surface area (Å²) in [6.07, 6.45) is 1.10. The number of halogens is 1. The van der Waals surface area contributed by atoms with E-state index in [4.69, 9.17) is 11.6 Å². The van der Waals surface area contributed by atoms with E-state index in [9.17, 15) is 4.79 Å². The number of anilines is 1. The summed E-state index contributed by atoms with van der Waals surface area (Å²) in [5, 5.41) is 3.00. The van der Waals surface area contributed by atoms with Gasteiger partial charge in [-0.2, -0.15) is 0 Å². The van der Waals surface area contributed by atoms with E-state index in [0.29, 0.717) is 5.56 Å². The molecule has 1 N–H and O–H groups in total. The molecule has 1 unspecified atom stereocenters. The van der Waals surface area contributed by atoms with Gasteiger partial charge in [-0.25, -0.2) is 0 Å². The first-order valence-electron chi connectivity index (χ1n) is 7.38. The predicted octanol–water partition coefficient (Wildman–Crippen LogP) is 4.74. The van der Waals surface area contributed by atoms with Crippen LogP contribution in [0, 0.1) is 0 Å². The lowest BCUT2D eigenvalue weighted by Gasteiger charge is -2.18. The Morgan fingerprint density at radius 1 is 1.27 bits per heavy atom. The molecular formula is C17H21ClN2OS. The quantitative estimate of drug-likeness (QED) is 0.826. The summed E-state index contributed by atoms with van der Waals surface area (Å²) in [5.74, 6) is -0.0679. The van der Waals surface area contributed by atoms with Crippen LogP contribution in [0.2, 0.25) is 4.34 Å². The molecule has 0 saturated heterocycles. The van der Waals surface area contributed by atoms with Gasteiger partial charge in [0.25, 0.3) is 5.91 Å². The van der Waals surface area contributed by atoms with Crippen LogP contribution in [0.4, 0.5) is 5.69 Å². The molecule has 22 heavy (non-hydrogen) atoms. The highest BCUT2D eigenvalue weighted by atomic mass is 35.5. The van der Waals surface area contributed by atoms with Crippen molar-refractivity contribution in [3.63, 3.8) is 0 Å². The van der Waals surface area contributed by atoms with Gasteiger partial charge in [0.05, 0.1) is 10.4 Å². The Hall–Kier alpha value is -1.52. The minimum atomic E-state index is -0.0679. The fraction of sp³-hybridized carbons (Fsp3) is 0.353. The summed E-state index contributed by atoms with van der Waals surface area (Å²) in [7, 11) is 2.06. The zero-order valence-corrected chi connectivity index (χ0v) is 14.7. The molecule has 0 bridgehead atoms. The van der Waals surface area contributed by atoms with Gasteiger partial charge in [-0.15, -0.1) is 11.3 Å². The third-order valence-electron chi connectivity index (χ3n) is 3.50. The van der Waals surface area contributed by atoms with Gasteiger partial charge in [0.2, 0.25) is 0 Å². The van der Waals surface area contributed by atoms with Crippen molar-refractivity contribution in [1.29, 1.82) is 0 Å². The molecule has 0 spiro atoms. The van der Waals surface area contributed by atoms with Gasteiger partial charge in [0.15, 0.2) is 0 Å². The number of carbonyl (C=O) groups excluding carboxylic acids is 1. The van der Waals surface area contributed by atoms with Gasteiger partial charge in [-0.1, -0.05) is 18.5 Å². The standard InChI is InChI=1S/C17H21ClN2OS/c1-4-11-20(3)14-7-5-13(6-8-14)17(21)19-12(2)15-9-10-16(18)22-15/h5-10,12H,4,11H2,1-3H3,(H,19,21). The number of amides is 1. The topological polar surface area (TPSA) is 32.3 Å². The van der Waals surface area contributed by atoms with E-state index in [0.717, 1.165) is 27.9 Å². The zero-order valence-electron chi connectivity index (χ0n) is 13.1. The number of thiophene rings is 1. The highest BCUT2D eigenvalue weighted by molar-refractivity contribution is 7.16. The monoisotopic (exact) mass is 336 g/mol. The number of benzene rings is 1. The molecule has 1 aromatic carbocycles. The first-order valence-corrected chi connectivity index (χ1v) is 8.58. The van der Waals surface area contributed by atoms with Crippen molar-refractivity contribution in [3.8, 4) is 0 Å². The fourth-order valence-corrected chi connectivity index (χ4v) is 3.31. The summed E-state index contributed by atoms with van der Waals surface area (Å²) < 4.78 is 0.736. The zero-order chi connectivity index (χ0) is 16.1. The van der Waals surface area contributed by atoms with Crippen molar-refractivity contribution in [2.24, 2.45) is 0 Å². The highest BCUT2D eigenvalue weighted by Gasteiger charge is 2.13. The van der Waals surface area contributed by atoms with Crippen molar-refractivity contribution < 1.29 is 4.79 Å². The third kappa shape index (κ3) is 4.24. The van der Waals surface area contributed by atoms with Crippen LogP contribution in [0.1, 0.15) is 41.5 Å². The molecule has 1 atom stereocenters. The van der Waals surface area contributed by atoms with E-state index in [1.165, 1.54) is 11.3 Å². The molecule has 0 radical (unpaired) electrons. The van der Waals surface area contributed by atoms with Gasteiger partial charge in [-0.05, 0) is 49.7 Å². The summed E-state index contributed by atoms with van der Waals surface area (Å²) >= 11 is 7.42. The number of nitrogens with zero attached hydrogens (tertiary/aromatic N) is 1. The van der Waals surface area contributed by atoms with Crippen molar-refractivity contribution in [2.45, 2.75) is 26.3 Å². The lowest BCUT2D eigenvalue weighted by atomic mass is 10.1. The molecule has 0 saturated carbocycles. The molecule has 2 aromatic rings. The molecule has 1 heterocycles. The van der Waals surface area contributed by atoms with Gasteiger partial charge in [-0.3, -0.25) is 4.79 Å². The second-order valence-electron chi connectivity index (χ2n) is 5.31. The van der Waals surface area contributed by atoms with Crippen LogP contribution >= 0.6 is 22.9 Å². The molecule has 3 nitrogen and oxygen atoms in total. The minimum Gasteiger partial charge on any atom is -0.375 e. The van der Waals surface area contributed by atoms with Crippen LogP contribution in [-0.4, -0.2) is 19.5 Å². The summed E-state index contributed by atoms with van der Waals surface area (Å²) in [5.41, 5.74) is 1.79. The third-order valence-corrected chi connectivity index (χ3v) is 4.91. The van der Waals surface area contributed by atoms with E-state index >= 15 is 0 Å². The summed E-state index contributed by atoms with van der Waals surface area (Å²) in [6.45, 7) is 5.11. The SMILES string of the molecule is CCCN(C)c1ccc(C(=O)NC(C)c2ccc(Cl)s2)cc1. The first kappa shape index (κ1) is 16.8. The minimum absolute atomic E-state index is 0.0487. The van der Waals surface area contributed by atoms with E-state index < -0.39 is 0 Å². The molecule has 1 aromatic heterocycles. The maximum absolute atomic E-state index is 12.3.